The van der Waals surface area contributed by atoms with E-state index in [9.17, 15) is 4.79 Å². The molecule has 0 aliphatic heterocycles. The Balaban J connectivity index is 2.41. The molecule has 0 bridgehead atoms. The van der Waals surface area contributed by atoms with Crippen LogP contribution in [0.3, 0.4) is 0 Å². The van der Waals surface area contributed by atoms with E-state index in [0.717, 1.165) is 43.6 Å². The second kappa shape index (κ2) is 8.22. The van der Waals surface area contributed by atoms with E-state index in [1.54, 1.807) is 0 Å². The van der Waals surface area contributed by atoms with Gasteiger partial charge in [-0.1, -0.05) is 24.6 Å². The largest absolute Gasteiger partial charge is 0.374 e. The van der Waals surface area contributed by atoms with Crippen LogP contribution in [0.5, 0.6) is 0 Å². The first-order valence-corrected chi connectivity index (χ1v) is 6.86. The molecule has 1 aliphatic rings. The molecule has 0 saturated heterocycles. The van der Waals surface area contributed by atoms with Gasteiger partial charge in [-0.05, 0) is 39.8 Å². The first kappa shape index (κ1) is 15.1. The second-order valence-electron chi connectivity index (χ2n) is 4.80. The minimum Gasteiger partial charge on any atom is -0.374 e. The van der Waals surface area contributed by atoms with Crippen molar-refractivity contribution < 1.29 is 9.53 Å². The molecule has 0 fully saturated rings. The van der Waals surface area contributed by atoms with Crippen molar-refractivity contribution in [2.24, 2.45) is 0 Å². The number of allylic oxidation sites excluding steroid dienone is 2. The predicted molar refractivity (Wildman–Crippen MR) is 74.7 cm³/mol. The standard InChI is InChI=1S/C15H25NO2/c1-4-6-15(17)14-8-7-13(11-12(14)2)18-10-5-9-16-3/h7-8,13,16H,4-6,9-11H2,1-3H3. The van der Waals surface area contributed by atoms with Gasteiger partial charge in [-0.2, -0.15) is 0 Å². The zero-order valence-corrected chi connectivity index (χ0v) is 11.8. The molecule has 0 heterocycles. The average Bonchev–Trinajstić information content (AvgIpc) is 2.35. The molecule has 0 aromatic carbocycles. The highest BCUT2D eigenvalue weighted by atomic mass is 16.5. The fourth-order valence-electron chi connectivity index (χ4n) is 2.12. The Bertz CT molecular complexity index is 331. The van der Waals surface area contributed by atoms with Crippen LogP contribution < -0.4 is 5.32 Å². The summed E-state index contributed by atoms with van der Waals surface area (Å²) in [5.74, 6) is 0.264. The van der Waals surface area contributed by atoms with Crippen LogP contribution in [0.2, 0.25) is 0 Å². The summed E-state index contributed by atoms with van der Waals surface area (Å²) >= 11 is 0. The van der Waals surface area contributed by atoms with Crippen LogP contribution in [0, 0.1) is 0 Å². The van der Waals surface area contributed by atoms with Gasteiger partial charge in [0.05, 0.1) is 6.10 Å². The highest BCUT2D eigenvalue weighted by Crippen LogP contribution is 2.22. The summed E-state index contributed by atoms with van der Waals surface area (Å²) in [7, 11) is 1.94. The van der Waals surface area contributed by atoms with Crippen molar-refractivity contribution in [3.05, 3.63) is 23.3 Å². The molecular weight excluding hydrogens is 226 g/mol. The van der Waals surface area contributed by atoms with Gasteiger partial charge >= 0.3 is 0 Å². The van der Waals surface area contributed by atoms with Crippen molar-refractivity contribution >= 4 is 5.78 Å². The maximum absolute atomic E-state index is 11.9. The lowest BCUT2D eigenvalue weighted by Gasteiger charge is -2.20. The summed E-state index contributed by atoms with van der Waals surface area (Å²) in [5, 5.41) is 3.10. The van der Waals surface area contributed by atoms with Crippen LogP contribution in [0.4, 0.5) is 0 Å². The van der Waals surface area contributed by atoms with Crippen LogP contribution in [0.15, 0.2) is 23.3 Å². The number of carbonyl (C=O) groups excluding carboxylic acids is 1. The molecule has 1 unspecified atom stereocenters. The molecule has 0 aromatic heterocycles. The minimum atomic E-state index is 0.139. The Kier molecular flexibility index (Phi) is 6.91. The minimum absolute atomic E-state index is 0.139. The molecule has 0 radical (unpaired) electrons. The molecule has 0 saturated carbocycles. The van der Waals surface area contributed by atoms with Crippen molar-refractivity contribution in [2.45, 2.75) is 45.6 Å². The topological polar surface area (TPSA) is 38.3 Å². The average molecular weight is 251 g/mol. The highest BCUT2D eigenvalue weighted by Gasteiger charge is 2.17. The number of nitrogens with one attached hydrogen (secondary N) is 1. The third-order valence-electron chi connectivity index (χ3n) is 3.13. The first-order valence-electron chi connectivity index (χ1n) is 6.86. The van der Waals surface area contributed by atoms with Gasteiger partial charge in [-0.15, -0.1) is 0 Å². The summed E-state index contributed by atoms with van der Waals surface area (Å²) in [6, 6.07) is 0. The van der Waals surface area contributed by atoms with E-state index < -0.39 is 0 Å². The first-order chi connectivity index (χ1) is 8.69. The Morgan fingerprint density at radius 3 is 2.94 bits per heavy atom. The van der Waals surface area contributed by atoms with Gasteiger partial charge in [0.2, 0.25) is 0 Å². The maximum Gasteiger partial charge on any atom is 0.162 e. The van der Waals surface area contributed by atoms with Crippen molar-refractivity contribution in [3.8, 4) is 0 Å². The fourth-order valence-corrected chi connectivity index (χ4v) is 2.12. The van der Waals surface area contributed by atoms with Crippen LogP contribution in [0.1, 0.15) is 39.5 Å². The number of hydrogen-bond donors (Lipinski definition) is 1. The van der Waals surface area contributed by atoms with Crippen molar-refractivity contribution in [1.82, 2.24) is 5.32 Å². The molecule has 0 amide bonds. The number of rotatable bonds is 8. The lowest BCUT2D eigenvalue weighted by Crippen LogP contribution is -2.19. The van der Waals surface area contributed by atoms with Gasteiger partial charge in [0.25, 0.3) is 0 Å². The molecule has 18 heavy (non-hydrogen) atoms. The van der Waals surface area contributed by atoms with E-state index in [1.807, 2.05) is 33.0 Å². The van der Waals surface area contributed by atoms with Crippen LogP contribution in [-0.4, -0.2) is 32.1 Å². The molecule has 102 valence electrons. The second-order valence-corrected chi connectivity index (χ2v) is 4.80. The SMILES string of the molecule is CCCC(=O)C1=C(C)CC(OCCCNC)C=C1. The normalized spacial score (nSPS) is 19.4. The van der Waals surface area contributed by atoms with Gasteiger partial charge in [-0.25, -0.2) is 0 Å². The smallest absolute Gasteiger partial charge is 0.162 e. The third kappa shape index (κ3) is 4.75. The molecule has 3 heteroatoms. The molecule has 1 aliphatic carbocycles. The van der Waals surface area contributed by atoms with E-state index in [1.165, 1.54) is 0 Å². The highest BCUT2D eigenvalue weighted by molar-refractivity contribution is 5.98. The Hall–Kier alpha value is -0.930. The number of hydrogen-bond acceptors (Lipinski definition) is 3. The molecule has 0 aromatic rings. The summed E-state index contributed by atoms with van der Waals surface area (Å²) in [4.78, 5) is 11.9. The summed E-state index contributed by atoms with van der Waals surface area (Å²) in [5.41, 5.74) is 2.06. The summed E-state index contributed by atoms with van der Waals surface area (Å²) < 4.78 is 5.77. The van der Waals surface area contributed by atoms with Crippen LogP contribution >= 0.6 is 0 Å². The zero-order chi connectivity index (χ0) is 13.4. The van der Waals surface area contributed by atoms with Crippen molar-refractivity contribution in [2.75, 3.05) is 20.2 Å². The zero-order valence-electron chi connectivity index (χ0n) is 11.8. The van der Waals surface area contributed by atoms with E-state index in [-0.39, 0.29) is 11.9 Å². The molecule has 1 N–H and O–H groups in total. The van der Waals surface area contributed by atoms with E-state index in [4.69, 9.17) is 4.74 Å². The molecular formula is C15H25NO2. The van der Waals surface area contributed by atoms with Gasteiger partial charge in [0.1, 0.15) is 0 Å². The van der Waals surface area contributed by atoms with Gasteiger partial charge in [0.15, 0.2) is 5.78 Å². The lowest BCUT2D eigenvalue weighted by molar-refractivity contribution is -0.115. The molecule has 3 nitrogen and oxygen atoms in total. The molecule has 1 rings (SSSR count). The summed E-state index contributed by atoms with van der Waals surface area (Å²) in [6.45, 7) is 5.82. The maximum atomic E-state index is 11.9. The van der Waals surface area contributed by atoms with Gasteiger partial charge in [0, 0.05) is 18.6 Å². The fraction of sp³-hybridized carbons (Fsp3) is 0.667. The van der Waals surface area contributed by atoms with Crippen LogP contribution in [-0.2, 0) is 9.53 Å². The number of carbonyl (C=O) groups is 1. The number of ketones is 1. The van der Waals surface area contributed by atoms with Crippen molar-refractivity contribution in [3.63, 3.8) is 0 Å². The number of ether oxygens (including phenoxy) is 1. The third-order valence-corrected chi connectivity index (χ3v) is 3.13. The quantitative estimate of drug-likeness (QED) is 0.674. The Morgan fingerprint density at radius 1 is 1.56 bits per heavy atom. The summed E-state index contributed by atoms with van der Waals surface area (Å²) in [6.07, 6.45) is 7.53. The van der Waals surface area contributed by atoms with Gasteiger partial charge in [-0.3, -0.25) is 4.79 Å². The van der Waals surface area contributed by atoms with Crippen LogP contribution in [0.25, 0.3) is 0 Å². The Labute approximate surface area is 110 Å². The van der Waals surface area contributed by atoms with E-state index in [2.05, 4.69) is 5.32 Å². The molecule has 0 spiro atoms. The monoisotopic (exact) mass is 251 g/mol. The van der Waals surface area contributed by atoms with E-state index >= 15 is 0 Å². The molecule has 1 atom stereocenters. The number of Topliss-reactive ketones (excluding diaryl/α,β-unsaturated/α-hetero) is 1. The van der Waals surface area contributed by atoms with E-state index in [0.29, 0.717) is 6.42 Å². The predicted octanol–water partition coefficient (Wildman–Crippen LogP) is 2.63. The van der Waals surface area contributed by atoms with Crippen molar-refractivity contribution in [1.29, 1.82) is 0 Å². The lowest BCUT2D eigenvalue weighted by atomic mass is 9.93. The van der Waals surface area contributed by atoms with Gasteiger partial charge < -0.3 is 10.1 Å². The Morgan fingerprint density at radius 2 is 2.33 bits per heavy atom.